The molecule has 0 aliphatic heterocycles. The van der Waals surface area contributed by atoms with Crippen LogP contribution in [0, 0.1) is 5.92 Å². The molecule has 31 heavy (non-hydrogen) atoms. The van der Waals surface area contributed by atoms with E-state index in [0.29, 0.717) is 22.1 Å². The smallest absolute Gasteiger partial charge is 0.254 e. The number of likely N-dealkylation sites (N-methyl/N-ethyl adjacent to an activating group) is 1. The highest BCUT2D eigenvalue weighted by Gasteiger charge is 2.23. The van der Waals surface area contributed by atoms with E-state index in [0.717, 1.165) is 6.42 Å². The molecule has 3 unspecified atom stereocenters. The lowest BCUT2D eigenvalue weighted by atomic mass is 10.1. The first-order chi connectivity index (χ1) is 13.1. The van der Waals surface area contributed by atoms with E-state index in [4.69, 9.17) is 0 Å². The molecule has 7 heteroatoms. The van der Waals surface area contributed by atoms with Crippen molar-refractivity contribution in [2.75, 3.05) is 55.4 Å². The zero-order valence-corrected chi connectivity index (χ0v) is 19.3. The van der Waals surface area contributed by atoms with Crippen LogP contribution in [0.15, 0.2) is 30.3 Å². The molecule has 0 aliphatic rings. The molecule has 1 aromatic rings. The Bertz CT molecular complexity index is 622. The van der Waals surface area contributed by atoms with Crippen LogP contribution in [0.5, 0.6) is 0 Å². The van der Waals surface area contributed by atoms with E-state index in [9.17, 15) is 19.8 Å². The molecule has 3 atom stereocenters. The van der Waals surface area contributed by atoms with Crippen molar-refractivity contribution in [3.63, 3.8) is 0 Å². The molecular weight excluding hydrogens is 394 g/mol. The Morgan fingerprint density at radius 3 is 1.74 bits per heavy atom. The van der Waals surface area contributed by atoms with Gasteiger partial charge >= 0.3 is 0 Å². The molecule has 0 radical (unpaired) electrons. The van der Waals surface area contributed by atoms with Gasteiger partial charge in [0.2, 0.25) is 0 Å². The van der Waals surface area contributed by atoms with Crippen molar-refractivity contribution < 1.29 is 28.8 Å². The van der Waals surface area contributed by atoms with Crippen molar-refractivity contribution in [3.05, 3.63) is 35.9 Å². The van der Waals surface area contributed by atoms with Gasteiger partial charge in [-0.15, -0.1) is 0 Å². The standard InChI is InChI=1S/C15H24N2O2.C7H15NO2.2CH4/c1-12(10-13-8-6-5-7-9-13)16-15(19)14(18)11-17(2,3)4;1-6(7(9)10)5-8(2,3)4;;/h5-9,12,14,18H,10-11H2,1-4H3;6H,5H2,1-4H3;2*1H4/p+1. The average Bonchev–Trinajstić information content (AvgIpc) is 2.53. The molecule has 1 rings (SSSR count). The number of carboxylic acids is 1. The highest BCUT2D eigenvalue weighted by atomic mass is 16.4. The summed E-state index contributed by atoms with van der Waals surface area (Å²) in [7, 11) is 11.7. The normalized spacial score (nSPS) is 13.8. The largest absolute Gasteiger partial charge is 0.550 e. The van der Waals surface area contributed by atoms with E-state index in [2.05, 4.69) is 5.32 Å². The van der Waals surface area contributed by atoms with Gasteiger partial charge in [-0.2, -0.15) is 0 Å². The van der Waals surface area contributed by atoms with Gasteiger partial charge < -0.3 is 29.3 Å². The number of rotatable bonds is 9. The molecule has 0 bridgehead atoms. The lowest BCUT2D eigenvalue weighted by molar-refractivity contribution is -0.872. The van der Waals surface area contributed by atoms with E-state index in [-0.39, 0.29) is 32.7 Å². The van der Waals surface area contributed by atoms with Crippen molar-refractivity contribution in [2.24, 2.45) is 5.92 Å². The fourth-order valence-corrected chi connectivity index (χ4v) is 2.86. The maximum atomic E-state index is 11.9. The topological polar surface area (TPSA) is 89.5 Å². The lowest BCUT2D eigenvalue weighted by Crippen LogP contribution is -2.49. The molecule has 1 aromatic carbocycles. The van der Waals surface area contributed by atoms with Gasteiger partial charge in [0.1, 0.15) is 6.54 Å². The van der Waals surface area contributed by atoms with Crippen molar-refractivity contribution in [1.29, 1.82) is 0 Å². The van der Waals surface area contributed by atoms with Crippen LogP contribution >= 0.6 is 0 Å². The zero-order chi connectivity index (χ0) is 22.8. The molecule has 2 N–H and O–H groups in total. The van der Waals surface area contributed by atoms with Gasteiger partial charge in [0.15, 0.2) is 6.10 Å². The molecule has 182 valence electrons. The van der Waals surface area contributed by atoms with Crippen molar-refractivity contribution in [2.45, 2.75) is 47.3 Å². The van der Waals surface area contributed by atoms with E-state index < -0.39 is 12.1 Å². The number of nitrogens with zero attached hydrogens (tertiary/aromatic N) is 2. The predicted molar refractivity (Wildman–Crippen MR) is 127 cm³/mol. The number of carbonyl (C=O) groups excluding carboxylic acids is 2. The molecule has 0 fully saturated rings. The SMILES string of the molecule is C.C.CC(C[N+](C)(C)C)C(=O)[O-].CC(Cc1ccccc1)NC(=O)C(O)C[N+](C)(C)C. The summed E-state index contributed by atoms with van der Waals surface area (Å²) in [6.45, 7) is 4.63. The molecule has 0 heterocycles. The van der Waals surface area contributed by atoms with Crippen molar-refractivity contribution >= 4 is 11.9 Å². The minimum absolute atomic E-state index is 0. The fraction of sp³-hybridized carbons (Fsp3) is 0.667. The number of aliphatic hydroxyl groups excluding tert-OH is 1. The monoisotopic (exact) mass is 442 g/mol. The number of aliphatic hydroxyl groups is 1. The third-order valence-electron chi connectivity index (χ3n) is 4.02. The molecule has 0 saturated carbocycles. The maximum absolute atomic E-state index is 11.9. The summed E-state index contributed by atoms with van der Waals surface area (Å²) < 4.78 is 1.22. The molecular formula is C24H48N3O4+. The van der Waals surface area contributed by atoms with Crippen LogP contribution in [-0.2, 0) is 16.0 Å². The van der Waals surface area contributed by atoms with Crippen LogP contribution in [0.1, 0.15) is 34.3 Å². The summed E-state index contributed by atoms with van der Waals surface area (Å²) in [5, 5.41) is 22.9. The van der Waals surface area contributed by atoms with E-state index in [1.807, 2.05) is 79.5 Å². The summed E-state index contributed by atoms with van der Waals surface area (Å²) in [4.78, 5) is 22.1. The second-order valence-corrected chi connectivity index (χ2v) is 9.78. The second kappa shape index (κ2) is 14.9. The summed E-state index contributed by atoms with van der Waals surface area (Å²) >= 11 is 0. The van der Waals surface area contributed by atoms with Crippen LogP contribution in [0.2, 0.25) is 0 Å². The van der Waals surface area contributed by atoms with Crippen LogP contribution in [-0.4, -0.2) is 93.5 Å². The number of quaternary nitrogens is 2. The third-order valence-corrected chi connectivity index (χ3v) is 4.02. The number of aliphatic carboxylic acids is 1. The van der Waals surface area contributed by atoms with E-state index in [1.54, 1.807) is 6.92 Å². The number of amides is 1. The van der Waals surface area contributed by atoms with Crippen LogP contribution in [0.3, 0.4) is 0 Å². The van der Waals surface area contributed by atoms with Gasteiger partial charge in [0.05, 0.1) is 48.8 Å². The Morgan fingerprint density at radius 2 is 1.39 bits per heavy atom. The number of carboxylic acid groups (broad SMARTS) is 1. The summed E-state index contributed by atoms with van der Waals surface area (Å²) in [5.74, 6) is -1.62. The third kappa shape index (κ3) is 18.5. The first-order valence-corrected chi connectivity index (χ1v) is 9.95. The highest BCUT2D eigenvalue weighted by Crippen LogP contribution is 2.03. The molecule has 0 spiro atoms. The Labute approximate surface area is 190 Å². The maximum Gasteiger partial charge on any atom is 0.254 e. The number of hydrogen-bond donors (Lipinski definition) is 2. The number of benzene rings is 1. The van der Waals surface area contributed by atoms with Crippen LogP contribution < -0.4 is 10.4 Å². The minimum Gasteiger partial charge on any atom is -0.550 e. The summed E-state index contributed by atoms with van der Waals surface area (Å²) in [6, 6.07) is 10.0. The Morgan fingerprint density at radius 1 is 0.935 bits per heavy atom. The van der Waals surface area contributed by atoms with Crippen molar-refractivity contribution in [1.82, 2.24) is 5.32 Å². The molecule has 0 aliphatic carbocycles. The van der Waals surface area contributed by atoms with Gasteiger partial charge in [0.25, 0.3) is 5.91 Å². The van der Waals surface area contributed by atoms with E-state index >= 15 is 0 Å². The fourth-order valence-electron chi connectivity index (χ4n) is 2.86. The van der Waals surface area contributed by atoms with Crippen LogP contribution in [0.4, 0.5) is 0 Å². The van der Waals surface area contributed by atoms with Crippen LogP contribution in [0.25, 0.3) is 0 Å². The molecule has 0 aromatic heterocycles. The van der Waals surface area contributed by atoms with E-state index in [1.165, 1.54) is 5.56 Å². The number of nitrogens with one attached hydrogen (secondary N) is 1. The molecule has 7 nitrogen and oxygen atoms in total. The second-order valence-electron chi connectivity index (χ2n) is 9.78. The first-order valence-electron chi connectivity index (χ1n) is 9.95. The highest BCUT2D eigenvalue weighted by molar-refractivity contribution is 5.80. The number of carbonyl (C=O) groups is 2. The van der Waals surface area contributed by atoms with Crippen molar-refractivity contribution in [3.8, 4) is 0 Å². The van der Waals surface area contributed by atoms with Gasteiger partial charge in [0, 0.05) is 17.9 Å². The Balaban J connectivity index is -0.000000563. The zero-order valence-electron chi connectivity index (χ0n) is 19.3. The quantitative estimate of drug-likeness (QED) is 0.562. The van der Waals surface area contributed by atoms with Gasteiger partial charge in [-0.3, -0.25) is 4.79 Å². The summed E-state index contributed by atoms with van der Waals surface area (Å²) in [5.41, 5.74) is 1.18. The average molecular weight is 443 g/mol. The summed E-state index contributed by atoms with van der Waals surface area (Å²) in [6.07, 6.45) is -0.192. The first kappa shape index (κ1) is 33.7. The minimum atomic E-state index is -0.965. The Kier molecular flexibility index (Phi) is 16.2. The van der Waals surface area contributed by atoms with Gasteiger partial charge in [-0.25, -0.2) is 0 Å². The number of hydrogen-bond acceptors (Lipinski definition) is 4. The molecule has 0 saturated heterocycles. The Hall–Kier alpha value is -1.96. The lowest BCUT2D eigenvalue weighted by Gasteiger charge is -2.27. The molecule has 1 amide bonds. The predicted octanol–water partition coefficient (Wildman–Crippen LogP) is 1.15. The van der Waals surface area contributed by atoms with Gasteiger partial charge in [-0.1, -0.05) is 52.1 Å². The van der Waals surface area contributed by atoms with Gasteiger partial charge in [-0.05, 0) is 18.9 Å².